The maximum absolute atomic E-state index is 13.4. The topological polar surface area (TPSA) is 75.6 Å². The molecule has 1 aliphatic carbocycles. The maximum atomic E-state index is 13.4. The lowest BCUT2D eigenvalue weighted by atomic mass is 9.87. The highest BCUT2D eigenvalue weighted by Crippen LogP contribution is 2.30. The van der Waals surface area contributed by atoms with E-state index in [2.05, 4.69) is 29.6 Å². The fourth-order valence-corrected chi connectivity index (χ4v) is 6.39. The van der Waals surface area contributed by atoms with E-state index in [1.807, 2.05) is 56.5 Å². The van der Waals surface area contributed by atoms with Crippen LogP contribution in [0.4, 0.5) is 0 Å². The Morgan fingerprint density at radius 1 is 0.952 bits per heavy atom. The Labute approximate surface area is 255 Å². The lowest BCUT2D eigenvalue weighted by Crippen LogP contribution is -2.41. The third-order valence-corrected chi connectivity index (χ3v) is 8.96. The van der Waals surface area contributed by atoms with E-state index in [9.17, 15) is 14.7 Å². The molecule has 1 aliphatic rings. The van der Waals surface area contributed by atoms with E-state index in [1.54, 1.807) is 11.8 Å². The van der Waals surface area contributed by atoms with Crippen molar-refractivity contribution in [1.82, 2.24) is 5.32 Å². The Bertz CT molecular complexity index is 1350. The molecular weight excluding hydrogens is 542 g/mol. The van der Waals surface area contributed by atoms with Gasteiger partial charge in [0.25, 0.3) is 5.91 Å². The van der Waals surface area contributed by atoms with Crippen molar-refractivity contribution < 1.29 is 19.4 Å². The minimum Gasteiger partial charge on any atom is -0.480 e. The number of ether oxygens (including phenoxy) is 1. The predicted molar refractivity (Wildman–Crippen MR) is 174 cm³/mol. The number of fused-ring (bicyclic) bond motifs is 1. The van der Waals surface area contributed by atoms with Gasteiger partial charge in [-0.3, -0.25) is 4.79 Å². The normalized spacial score (nSPS) is 14.2. The Kier molecular flexibility index (Phi) is 12.1. The lowest BCUT2D eigenvalue weighted by Gasteiger charge is -2.21. The van der Waals surface area contributed by atoms with Gasteiger partial charge in [-0.2, -0.15) is 11.8 Å². The van der Waals surface area contributed by atoms with E-state index in [-0.39, 0.29) is 5.91 Å². The van der Waals surface area contributed by atoms with Gasteiger partial charge in [-0.15, -0.1) is 0 Å². The van der Waals surface area contributed by atoms with Crippen molar-refractivity contribution in [2.45, 2.75) is 71.3 Å². The van der Waals surface area contributed by atoms with Crippen molar-refractivity contribution in [1.29, 1.82) is 0 Å². The third-order valence-electron chi connectivity index (χ3n) is 8.31. The van der Waals surface area contributed by atoms with Gasteiger partial charge in [-0.1, -0.05) is 54.6 Å². The minimum absolute atomic E-state index is 0.352. The molecule has 0 spiro atoms. The van der Waals surface area contributed by atoms with Gasteiger partial charge in [-0.25, -0.2) is 4.79 Å². The lowest BCUT2D eigenvalue weighted by molar-refractivity contribution is -0.139. The summed E-state index contributed by atoms with van der Waals surface area (Å²) in [6.07, 6.45) is 10.1. The van der Waals surface area contributed by atoms with Crippen molar-refractivity contribution in [2.75, 3.05) is 25.2 Å². The van der Waals surface area contributed by atoms with Crippen LogP contribution >= 0.6 is 11.8 Å². The number of benzene rings is 3. The smallest absolute Gasteiger partial charge is 0.326 e. The highest BCUT2D eigenvalue weighted by molar-refractivity contribution is 7.98. The average molecular weight is 588 g/mol. The van der Waals surface area contributed by atoms with Gasteiger partial charge in [0.1, 0.15) is 6.04 Å². The molecule has 1 amide bonds. The first-order chi connectivity index (χ1) is 20.4. The summed E-state index contributed by atoms with van der Waals surface area (Å²) in [4.78, 5) is 25.3. The monoisotopic (exact) mass is 587 g/mol. The molecule has 2 atom stereocenters. The predicted octanol–water partition coefficient (Wildman–Crippen LogP) is 7.30. The van der Waals surface area contributed by atoms with Crippen LogP contribution < -0.4 is 5.32 Å². The number of nitrogens with one attached hydrogen (secondary N) is 1. The molecule has 0 fully saturated rings. The second kappa shape index (κ2) is 15.9. The molecule has 6 heteroatoms. The number of thioether (sulfide) groups is 1. The van der Waals surface area contributed by atoms with Gasteiger partial charge in [-0.05, 0) is 128 Å². The van der Waals surface area contributed by atoms with Crippen LogP contribution in [0.2, 0.25) is 0 Å². The van der Waals surface area contributed by atoms with Gasteiger partial charge < -0.3 is 15.2 Å². The molecule has 4 rings (SSSR count). The Balaban J connectivity index is 1.55. The Morgan fingerprint density at radius 3 is 2.45 bits per heavy atom. The van der Waals surface area contributed by atoms with E-state index in [0.29, 0.717) is 30.3 Å². The first kappa shape index (κ1) is 31.8. The molecule has 0 heterocycles. The van der Waals surface area contributed by atoms with Crippen LogP contribution in [0.3, 0.4) is 0 Å². The largest absolute Gasteiger partial charge is 0.480 e. The van der Waals surface area contributed by atoms with Crippen LogP contribution in [0.1, 0.15) is 70.8 Å². The fraction of sp³-hybridized carbons (Fsp3) is 0.444. The van der Waals surface area contributed by atoms with Crippen LogP contribution in [0.15, 0.2) is 60.7 Å². The summed E-state index contributed by atoms with van der Waals surface area (Å²) in [6.45, 7) is 5.52. The zero-order valence-electron chi connectivity index (χ0n) is 25.3. The van der Waals surface area contributed by atoms with Crippen molar-refractivity contribution in [2.24, 2.45) is 5.92 Å². The summed E-state index contributed by atoms with van der Waals surface area (Å²) in [6, 6.07) is 20.2. The van der Waals surface area contributed by atoms with Crippen LogP contribution in [0.5, 0.6) is 0 Å². The number of hydrogen-bond acceptors (Lipinski definition) is 4. The molecule has 5 nitrogen and oxygen atoms in total. The maximum Gasteiger partial charge on any atom is 0.326 e. The molecule has 0 radical (unpaired) electrons. The fourth-order valence-electron chi connectivity index (χ4n) is 5.92. The van der Waals surface area contributed by atoms with Crippen LogP contribution in [-0.4, -0.2) is 48.2 Å². The van der Waals surface area contributed by atoms with E-state index >= 15 is 0 Å². The molecule has 224 valence electrons. The quantitative estimate of drug-likeness (QED) is 0.195. The van der Waals surface area contributed by atoms with Gasteiger partial charge in [0.15, 0.2) is 0 Å². The van der Waals surface area contributed by atoms with Crippen LogP contribution in [-0.2, 0) is 35.2 Å². The first-order valence-electron chi connectivity index (χ1n) is 15.3. The molecule has 0 saturated carbocycles. The van der Waals surface area contributed by atoms with Crippen LogP contribution in [0, 0.1) is 12.8 Å². The molecule has 0 aliphatic heterocycles. The number of rotatable bonds is 15. The van der Waals surface area contributed by atoms with Crippen molar-refractivity contribution in [3.05, 3.63) is 94.0 Å². The molecule has 1 unspecified atom stereocenters. The molecule has 42 heavy (non-hydrogen) atoms. The van der Waals surface area contributed by atoms with Crippen LogP contribution in [0.25, 0.3) is 11.1 Å². The summed E-state index contributed by atoms with van der Waals surface area (Å²) in [5.41, 5.74) is 8.98. The highest BCUT2D eigenvalue weighted by atomic mass is 32.2. The molecule has 0 bridgehead atoms. The molecule has 0 aromatic heterocycles. The van der Waals surface area contributed by atoms with Gasteiger partial charge in [0.2, 0.25) is 0 Å². The molecular formula is C36H45NO4S. The molecule has 3 aromatic rings. The summed E-state index contributed by atoms with van der Waals surface area (Å²) in [7, 11) is 0. The number of carboxylic acid groups (broad SMARTS) is 1. The second-order valence-corrected chi connectivity index (χ2v) is 12.4. The number of hydrogen-bond donors (Lipinski definition) is 2. The van der Waals surface area contributed by atoms with E-state index in [4.69, 9.17) is 4.74 Å². The SMILES string of the molecule is CCOC[C@@H](CCc1ccc(C(=O)NC(CCSC)C(=O)O)c(-c2ccccc2C)c1)Cc1ccc2c(c1)CCCC2. The number of carbonyl (C=O) groups excluding carboxylic acids is 1. The zero-order valence-corrected chi connectivity index (χ0v) is 26.1. The van der Waals surface area contributed by atoms with E-state index in [1.165, 1.54) is 42.4 Å². The molecule has 0 saturated heterocycles. The summed E-state index contributed by atoms with van der Waals surface area (Å²) in [5.74, 6) is -0.306. The summed E-state index contributed by atoms with van der Waals surface area (Å²) >= 11 is 1.57. The second-order valence-electron chi connectivity index (χ2n) is 11.4. The van der Waals surface area contributed by atoms with Gasteiger partial charge in [0.05, 0.1) is 0 Å². The number of aliphatic carboxylic acids is 1. The highest BCUT2D eigenvalue weighted by Gasteiger charge is 2.23. The van der Waals surface area contributed by atoms with E-state index < -0.39 is 12.0 Å². The minimum atomic E-state index is -1.01. The molecule has 2 N–H and O–H groups in total. The van der Waals surface area contributed by atoms with Gasteiger partial charge in [0, 0.05) is 18.8 Å². The van der Waals surface area contributed by atoms with E-state index in [0.717, 1.165) is 48.1 Å². The number of amides is 1. The number of carboxylic acids is 1. The number of aryl methyl sites for hydroxylation is 4. The standard InChI is InChI=1S/C36H45NO4S/c1-4-41-24-28(21-27-15-17-29-10-6-7-11-30(29)22-27)14-13-26-16-18-32(33(23-26)31-12-8-5-9-25(31)2)35(38)37-34(36(39)40)19-20-42-3/h5,8-9,12,15-18,22-23,28,34H,4,6-7,10-11,13-14,19-21,24H2,1-3H3,(H,37,38)(H,39,40)/t28-,34?/m0/s1. The van der Waals surface area contributed by atoms with Crippen molar-refractivity contribution in [3.63, 3.8) is 0 Å². The van der Waals surface area contributed by atoms with Gasteiger partial charge >= 0.3 is 5.97 Å². The first-order valence-corrected chi connectivity index (χ1v) is 16.7. The molecule has 3 aromatic carbocycles. The number of carbonyl (C=O) groups is 2. The van der Waals surface area contributed by atoms with Crippen molar-refractivity contribution >= 4 is 23.6 Å². The Morgan fingerprint density at radius 2 is 1.71 bits per heavy atom. The zero-order chi connectivity index (χ0) is 29.9. The van der Waals surface area contributed by atoms with Crippen molar-refractivity contribution in [3.8, 4) is 11.1 Å². The summed E-state index contributed by atoms with van der Waals surface area (Å²) in [5, 5.41) is 12.5. The Hall–Kier alpha value is -3.09. The summed E-state index contributed by atoms with van der Waals surface area (Å²) < 4.78 is 5.91. The average Bonchev–Trinajstić information content (AvgIpc) is 3.00. The third kappa shape index (κ3) is 8.71.